The Morgan fingerprint density at radius 3 is 2.47 bits per heavy atom. The molecule has 0 aliphatic heterocycles. The second-order valence-corrected chi connectivity index (χ2v) is 4.59. The Bertz CT molecular complexity index is 357. The van der Waals surface area contributed by atoms with Gasteiger partial charge in [-0.25, -0.2) is 4.68 Å². The molecule has 0 saturated carbocycles. The summed E-state index contributed by atoms with van der Waals surface area (Å²) in [5.74, 6) is 1.10. The molecule has 0 saturated heterocycles. The van der Waals surface area contributed by atoms with Gasteiger partial charge in [0, 0.05) is 19.1 Å². The monoisotopic (exact) mass is 238 g/mol. The summed E-state index contributed by atoms with van der Waals surface area (Å²) in [6.07, 6.45) is 2.19. The second kappa shape index (κ2) is 5.94. The lowest BCUT2D eigenvalue weighted by atomic mass is 10.2. The summed E-state index contributed by atoms with van der Waals surface area (Å²) in [7, 11) is 0. The van der Waals surface area contributed by atoms with Crippen molar-refractivity contribution in [2.45, 2.75) is 60.0 Å². The number of anilines is 2. The van der Waals surface area contributed by atoms with E-state index in [2.05, 4.69) is 42.4 Å². The zero-order valence-corrected chi connectivity index (χ0v) is 11.8. The fraction of sp³-hybridized carbons (Fsp3) is 0.769. The van der Waals surface area contributed by atoms with Crippen LogP contribution >= 0.6 is 0 Å². The lowest BCUT2D eigenvalue weighted by Crippen LogP contribution is -2.34. The molecule has 0 radical (unpaired) electrons. The maximum absolute atomic E-state index is 6.18. The number of hydrogen-bond acceptors (Lipinski definition) is 3. The molecule has 1 aromatic heterocycles. The van der Waals surface area contributed by atoms with Gasteiger partial charge in [0.1, 0.15) is 0 Å². The summed E-state index contributed by atoms with van der Waals surface area (Å²) in [6, 6.07) is 0.494. The molecule has 0 aromatic carbocycles. The molecule has 0 bridgehead atoms. The molecule has 0 spiro atoms. The number of hydrogen-bond donors (Lipinski definition) is 1. The van der Waals surface area contributed by atoms with Gasteiger partial charge in [0.25, 0.3) is 0 Å². The van der Waals surface area contributed by atoms with Gasteiger partial charge in [-0.05, 0) is 33.6 Å². The van der Waals surface area contributed by atoms with Gasteiger partial charge in [-0.1, -0.05) is 13.8 Å². The van der Waals surface area contributed by atoms with Crippen LogP contribution in [0.2, 0.25) is 0 Å². The average molecular weight is 238 g/mol. The number of rotatable bonds is 6. The van der Waals surface area contributed by atoms with Crippen LogP contribution in [-0.2, 0) is 6.54 Å². The molecule has 17 heavy (non-hydrogen) atoms. The quantitative estimate of drug-likeness (QED) is 0.829. The molecule has 98 valence electrons. The highest BCUT2D eigenvalue weighted by Gasteiger charge is 2.20. The van der Waals surface area contributed by atoms with E-state index in [1.54, 1.807) is 0 Å². The summed E-state index contributed by atoms with van der Waals surface area (Å²) in [4.78, 5) is 2.35. The van der Waals surface area contributed by atoms with Crippen molar-refractivity contribution in [1.29, 1.82) is 0 Å². The molecule has 2 N–H and O–H groups in total. The van der Waals surface area contributed by atoms with E-state index in [4.69, 9.17) is 5.73 Å². The first-order valence-corrected chi connectivity index (χ1v) is 6.66. The van der Waals surface area contributed by atoms with Gasteiger partial charge >= 0.3 is 0 Å². The van der Waals surface area contributed by atoms with Crippen LogP contribution < -0.4 is 10.6 Å². The van der Waals surface area contributed by atoms with E-state index in [1.165, 1.54) is 0 Å². The van der Waals surface area contributed by atoms with Crippen molar-refractivity contribution in [2.75, 3.05) is 17.2 Å². The van der Waals surface area contributed by atoms with Crippen molar-refractivity contribution in [3.63, 3.8) is 0 Å². The minimum atomic E-state index is 0.494. The van der Waals surface area contributed by atoms with E-state index in [9.17, 15) is 0 Å². The van der Waals surface area contributed by atoms with Crippen molar-refractivity contribution >= 4 is 11.5 Å². The van der Waals surface area contributed by atoms with Crippen molar-refractivity contribution < 1.29 is 0 Å². The molecule has 1 rings (SSSR count). The molecule has 1 heterocycles. The van der Waals surface area contributed by atoms with Gasteiger partial charge in [-0.2, -0.15) is 5.10 Å². The van der Waals surface area contributed by atoms with Crippen LogP contribution in [0.25, 0.3) is 0 Å². The first-order valence-electron chi connectivity index (χ1n) is 6.66. The second-order valence-electron chi connectivity index (χ2n) is 4.59. The molecule has 1 atom stereocenters. The van der Waals surface area contributed by atoms with Crippen molar-refractivity contribution in [3.05, 3.63) is 5.69 Å². The van der Waals surface area contributed by atoms with E-state index < -0.39 is 0 Å². The fourth-order valence-corrected chi connectivity index (χ4v) is 2.14. The largest absolute Gasteiger partial charge is 0.394 e. The Kier molecular flexibility index (Phi) is 4.85. The topological polar surface area (TPSA) is 47.1 Å². The predicted molar refractivity (Wildman–Crippen MR) is 74.4 cm³/mol. The summed E-state index contributed by atoms with van der Waals surface area (Å²) in [5, 5.41) is 4.54. The minimum absolute atomic E-state index is 0.494. The van der Waals surface area contributed by atoms with E-state index >= 15 is 0 Å². The summed E-state index contributed by atoms with van der Waals surface area (Å²) in [5.41, 5.74) is 7.95. The highest BCUT2D eigenvalue weighted by molar-refractivity contribution is 5.66. The maximum Gasteiger partial charge on any atom is 0.150 e. The van der Waals surface area contributed by atoms with Gasteiger partial charge in [0.15, 0.2) is 5.82 Å². The van der Waals surface area contributed by atoms with Crippen molar-refractivity contribution in [3.8, 4) is 0 Å². The third-order valence-electron chi connectivity index (χ3n) is 3.32. The van der Waals surface area contributed by atoms with Crippen molar-refractivity contribution in [2.24, 2.45) is 0 Å². The van der Waals surface area contributed by atoms with Crippen LogP contribution in [0.1, 0.15) is 46.2 Å². The third kappa shape index (κ3) is 2.73. The van der Waals surface area contributed by atoms with Gasteiger partial charge in [-0.15, -0.1) is 0 Å². The van der Waals surface area contributed by atoms with Crippen LogP contribution in [0.15, 0.2) is 0 Å². The van der Waals surface area contributed by atoms with Crippen LogP contribution in [-0.4, -0.2) is 22.4 Å². The Morgan fingerprint density at radius 1 is 1.35 bits per heavy atom. The number of nitrogens with two attached hydrogens (primary N) is 1. The highest BCUT2D eigenvalue weighted by Crippen LogP contribution is 2.28. The Hall–Kier alpha value is -1.19. The third-order valence-corrected chi connectivity index (χ3v) is 3.32. The lowest BCUT2D eigenvalue weighted by Gasteiger charge is -2.30. The lowest BCUT2D eigenvalue weighted by molar-refractivity contribution is 0.555. The van der Waals surface area contributed by atoms with Crippen LogP contribution in [0.3, 0.4) is 0 Å². The Morgan fingerprint density at radius 2 is 2.00 bits per heavy atom. The molecule has 1 unspecified atom stereocenters. The molecular formula is C13H26N4. The SMILES string of the molecule is CCCn1nc(C)c(N)c1N(CC)C(C)CC. The van der Waals surface area contributed by atoms with Crippen LogP contribution in [0.5, 0.6) is 0 Å². The minimum Gasteiger partial charge on any atom is -0.394 e. The summed E-state index contributed by atoms with van der Waals surface area (Å²) >= 11 is 0. The number of aromatic nitrogens is 2. The van der Waals surface area contributed by atoms with E-state index in [1.807, 2.05) is 6.92 Å². The standard InChI is InChI=1S/C13H26N4/c1-6-9-17-13(12(14)11(5)15-17)16(8-3)10(4)7-2/h10H,6-9,14H2,1-5H3. The number of aryl methyl sites for hydroxylation is 2. The van der Waals surface area contributed by atoms with Gasteiger partial charge in [0.2, 0.25) is 0 Å². The predicted octanol–water partition coefficient (Wildman–Crippen LogP) is 2.81. The molecule has 0 aliphatic carbocycles. The Labute approximate surface area is 105 Å². The number of nitrogen functional groups attached to an aromatic ring is 1. The molecule has 0 aliphatic rings. The number of nitrogens with zero attached hydrogens (tertiary/aromatic N) is 3. The first-order chi connectivity index (χ1) is 8.06. The van der Waals surface area contributed by atoms with Gasteiger partial charge in [-0.3, -0.25) is 0 Å². The smallest absolute Gasteiger partial charge is 0.150 e. The van der Waals surface area contributed by atoms with Gasteiger partial charge in [0.05, 0.1) is 11.4 Å². The zero-order chi connectivity index (χ0) is 13.0. The molecule has 1 aromatic rings. The molecule has 0 fully saturated rings. The molecule has 0 amide bonds. The fourth-order valence-electron chi connectivity index (χ4n) is 2.14. The summed E-state index contributed by atoms with van der Waals surface area (Å²) < 4.78 is 2.06. The van der Waals surface area contributed by atoms with Crippen LogP contribution in [0.4, 0.5) is 11.5 Å². The van der Waals surface area contributed by atoms with E-state index in [0.717, 1.165) is 43.1 Å². The average Bonchev–Trinajstić information content (AvgIpc) is 2.58. The van der Waals surface area contributed by atoms with E-state index in [-0.39, 0.29) is 0 Å². The highest BCUT2D eigenvalue weighted by atomic mass is 15.4. The van der Waals surface area contributed by atoms with Crippen molar-refractivity contribution in [1.82, 2.24) is 9.78 Å². The van der Waals surface area contributed by atoms with E-state index in [0.29, 0.717) is 6.04 Å². The molecule has 4 nitrogen and oxygen atoms in total. The normalized spacial score (nSPS) is 12.8. The van der Waals surface area contributed by atoms with Crippen LogP contribution in [0, 0.1) is 6.92 Å². The van der Waals surface area contributed by atoms with Gasteiger partial charge < -0.3 is 10.6 Å². The Balaban J connectivity index is 3.16. The molecule has 4 heteroatoms. The summed E-state index contributed by atoms with van der Waals surface area (Å²) in [6.45, 7) is 12.7. The zero-order valence-electron chi connectivity index (χ0n) is 11.8. The first kappa shape index (κ1) is 13.9. The molecular weight excluding hydrogens is 212 g/mol. The maximum atomic E-state index is 6.18.